The van der Waals surface area contributed by atoms with Gasteiger partial charge >= 0.3 is 0 Å². The topological polar surface area (TPSA) is 63.4 Å². The molecule has 0 saturated carbocycles. The SMILES string of the molecule is O=C(c1ccc(Sc2ccc(F)cc2)c([N+](=O)[O-])c1)N1CCCC1. The van der Waals surface area contributed by atoms with Crippen LogP contribution in [0.5, 0.6) is 0 Å². The second kappa shape index (κ2) is 7.00. The van der Waals surface area contributed by atoms with Crippen LogP contribution in [0.2, 0.25) is 0 Å². The predicted octanol–water partition coefficient (Wildman–Crippen LogP) is 4.12. The maximum absolute atomic E-state index is 13.0. The van der Waals surface area contributed by atoms with Gasteiger partial charge in [-0.25, -0.2) is 4.39 Å². The van der Waals surface area contributed by atoms with Gasteiger partial charge in [-0.15, -0.1) is 0 Å². The number of rotatable bonds is 4. The highest BCUT2D eigenvalue weighted by Crippen LogP contribution is 2.35. The van der Waals surface area contributed by atoms with Gasteiger partial charge in [0.1, 0.15) is 5.82 Å². The van der Waals surface area contributed by atoms with E-state index in [9.17, 15) is 19.3 Å². The van der Waals surface area contributed by atoms with Crippen molar-refractivity contribution in [2.75, 3.05) is 13.1 Å². The van der Waals surface area contributed by atoms with Gasteiger partial charge in [-0.2, -0.15) is 0 Å². The lowest BCUT2D eigenvalue weighted by atomic mass is 10.2. The van der Waals surface area contributed by atoms with Crippen LogP contribution in [-0.4, -0.2) is 28.8 Å². The molecule has 3 rings (SSSR count). The van der Waals surface area contributed by atoms with E-state index < -0.39 is 4.92 Å². The molecule has 0 N–H and O–H groups in total. The third-order valence-corrected chi connectivity index (χ3v) is 4.91. The molecule has 1 amide bonds. The minimum absolute atomic E-state index is 0.116. The van der Waals surface area contributed by atoms with Crippen molar-refractivity contribution in [1.82, 2.24) is 4.90 Å². The van der Waals surface area contributed by atoms with Crippen LogP contribution in [0.15, 0.2) is 52.3 Å². The van der Waals surface area contributed by atoms with E-state index in [1.807, 2.05) is 0 Å². The molecule has 1 saturated heterocycles. The summed E-state index contributed by atoms with van der Waals surface area (Å²) < 4.78 is 13.0. The Morgan fingerprint density at radius 3 is 2.42 bits per heavy atom. The normalized spacial score (nSPS) is 14.0. The van der Waals surface area contributed by atoms with Gasteiger partial charge in [-0.1, -0.05) is 11.8 Å². The molecule has 0 atom stereocenters. The van der Waals surface area contributed by atoms with Gasteiger partial charge in [0, 0.05) is 29.6 Å². The summed E-state index contributed by atoms with van der Waals surface area (Å²) in [5.74, 6) is -0.533. The minimum Gasteiger partial charge on any atom is -0.339 e. The number of likely N-dealkylation sites (tertiary alicyclic amines) is 1. The van der Waals surface area contributed by atoms with Crippen molar-refractivity contribution in [3.05, 3.63) is 64.0 Å². The molecule has 124 valence electrons. The van der Waals surface area contributed by atoms with Crippen LogP contribution in [-0.2, 0) is 0 Å². The summed E-state index contributed by atoms with van der Waals surface area (Å²) >= 11 is 1.17. The fourth-order valence-corrected chi connectivity index (χ4v) is 3.51. The smallest absolute Gasteiger partial charge is 0.284 e. The maximum atomic E-state index is 13.0. The lowest BCUT2D eigenvalue weighted by Gasteiger charge is -2.15. The largest absolute Gasteiger partial charge is 0.339 e. The first-order chi connectivity index (χ1) is 11.5. The zero-order chi connectivity index (χ0) is 17.1. The number of carbonyl (C=O) groups is 1. The van der Waals surface area contributed by atoms with Gasteiger partial charge in [0.2, 0.25) is 0 Å². The average Bonchev–Trinajstić information content (AvgIpc) is 3.11. The van der Waals surface area contributed by atoms with E-state index in [4.69, 9.17) is 0 Å². The first-order valence-electron chi connectivity index (χ1n) is 7.56. The number of nitro benzene ring substituents is 1. The van der Waals surface area contributed by atoms with Crippen LogP contribution in [0.1, 0.15) is 23.2 Å². The van der Waals surface area contributed by atoms with Crippen molar-refractivity contribution in [3.8, 4) is 0 Å². The van der Waals surface area contributed by atoms with Crippen molar-refractivity contribution in [2.24, 2.45) is 0 Å². The van der Waals surface area contributed by atoms with Crippen LogP contribution in [0, 0.1) is 15.9 Å². The van der Waals surface area contributed by atoms with E-state index >= 15 is 0 Å². The Bertz CT molecular complexity index is 774. The van der Waals surface area contributed by atoms with E-state index in [0.29, 0.717) is 28.4 Å². The van der Waals surface area contributed by atoms with Gasteiger partial charge in [0.25, 0.3) is 11.6 Å². The standard InChI is InChI=1S/C17H15FN2O3S/c18-13-4-6-14(7-5-13)24-16-8-3-12(11-15(16)20(22)23)17(21)19-9-1-2-10-19/h3-8,11H,1-2,9-10H2. The zero-order valence-electron chi connectivity index (χ0n) is 12.8. The molecule has 1 aliphatic rings. The zero-order valence-corrected chi connectivity index (χ0v) is 13.6. The van der Waals surface area contributed by atoms with Crippen LogP contribution in [0.4, 0.5) is 10.1 Å². The number of benzene rings is 2. The second-order valence-corrected chi connectivity index (χ2v) is 6.61. The number of hydrogen-bond donors (Lipinski definition) is 0. The molecule has 1 heterocycles. The molecule has 5 nitrogen and oxygen atoms in total. The third kappa shape index (κ3) is 3.56. The molecule has 0 bridgehead atoms. The number of amides is 1. The molecule has 0 spiro atoms. The molecule has 0 unspecified atom stereocenters. The molecule has 2 aromatic carbocycles. The summed E-state index contributed by atoms with van der Waals surface area (Å²) in [7, 11) is 0. The average molecular weight is 346 g/mol. The van der Waals surface area contributed by atoms with Gasteiger partial charge in [0.15, 0.2) is 0 Å². The number of nitro groups is 1. The van der Waals surface area contributed by atoms with E-state index in [1.165, 1.54) is 30.0 Å². The molecule has 1 aliphatic heterocycles. The third-order valence-electron chi connectivity index (χ3n) is 3.84. The molecule has 1 fully saturated rings. The van der Waals surface area contributed by atoms with Crippen LogP contribution < -0.4 is 0 Å². The quantitative estimate of drug-likeness (QED) is 0.617. The Kier molecular flexibility index (Phi) is 4.80. The van der Waals surface area contributed by atoms with Crippen LogP contribution in [0.25, 0.3) is 0 Å². The summed E-state index contributed by atoms with van der Waals surface area (Å²) in [5, 5.41) is 11.4. The first kappa shape index (κ1) is 16.4. The fraction of sp³-hybridized carbons (Fsp3) is 0.235. The summed E-state index contributed by atoms with van der Waals surface area (Å²) in [6.45, 7) is 1.39. The van der Waals surface area contributed by atoms with Gasteiger partial charge in [-0.05, 0) is 49.2 Å². The van der Waals surface area contributed by atoms with Crippen molar-refractivity contribution in [1.29, 1.82) is 0 Å². The summed E-state index contributed by atoms with van der Waals surface area (Å²) in [5.41, 5.74) is 0.210. The summed E-state index contributed by atoms with van der Waals surface area (Å²) in [4.78, 5) is 26.1. The van der Waals surface area contributed by atoms with Gasteiger partial charge in [-0.3, -0.25) is 14.9 Å². The molecular formula is C17H15FN2O3S. The molecule has 24 heavy (non-hydrogen) atoms. The Morgan fingerprint density at radius 1 is 1.12 bits per heavy atom. The van der Waals surface area contributed by atoms with Crippen molar-refractivity contribution < 1.29 is 14.1 Å². The molecule has 2 aromatic rings. The maximum Gasteiger partial charge on any atom is 0.284 e. The molecule has 7 heteroatoms. The van der Waals surface area contributed by atoms with Crippen molar-refractivity contribution in [2.45, 2.75) is 22.6 Å². The van der Waals surface area contributed by atoms with Crippen LogP contribution in [0.3, 0.4) is 0 Å². The van der Waals surface area contributed by atoms with Crippen LogP contribution >= 0.6 is 11.8 Å². The Balaban J connectivity index is 1.88. The lowest BCUT2D eigenvalue weighted by Crippen LogP contribution is -2.27. The van der Waals surface area contributed by atoms with E-state index in [2.05, 4.69) is 0 Å². The molecule has 0 aromatic heterocycles. The Labute approximate surface area is 142 Å². The van der Waals surface area contributed by atoms with E-state index in [-0.39, 0.29) is 17.4 Å². The number of nitrogens with zero attached hydrogens (tertiary/aromatic N) is 2. The highest BCUT2D eigenvalue weighted by atomic mass is 32.2. The summed E-state index contributed by atoms with van der Waals surface area (Å²) in [6, 6.07) is 10.3. The Hall–Kier alpha value is -2.41. The molecule has 0 radical (unpaired) electrons. The number of halogens is 1. The number of hydrogen-bond acceptors (Lipinski definition) is 4. The second-order valence-electron chi connectivity index (χ2n) is 5.49. The fourth-order valence-electron chi connectivity index (χ4n) is 2.61. The molecule has 0 aliphatic carbocycles. The first-order valence-corrected chi connectivity index (χ1v) is 8.37. The van der Waals surface area contributed by atoms with Crippen molar-refractivity contribution >= 4 is 23.4 Å². The highest BCUT2D eigenvalue weighted by Gasteiger charge is 2.23. The number of carbonyl (C=O) groups excluding carboxylic acids is 1. The van der Waals surface area contributed by atoms with Crippen molar-refractivity contribution in [3.63, 3.8) is 0 Å². The van der Waals surface area contributed by atoms with Gasteiger partial charge in [0.05, 0.1) is 9.82 Å². The van der Waals surface area contributed by atoms with Gasteiger partial charge < -0.3 is 4.90 Å². The summed E-state index contributed by atoms with van der Waals surface area (Å²) in [6.07, 6.45) is 1.93. The van der Waals surface area contributed by atoms with E-state index in [0.717, 1.165) is 12.8 Å². The minimum atomic E-state index is -0.493. The Morgan fingerprint density at radius 2 is 1.79 bits per heavy atom. The monoisotopic (exact) mass is 346 g/mol. The predicted molar refractivity (Wildman–Crippen MR) is 88.8 cm³/mol. The van der Waals surface area contributed by atoms with E-state index in [1.54, 1.807) is 29.2 Å². The lowest BCUT2D eigenvalue weighted by molar-refractivity contribution is -0.387. The molecular weight excluding hydrogens is 331 g/mol. The highest BCUT2D eigenvalue weighted by molar-refractivity contribution is 7.99.